The van der Waals surface area contributed by atoms with E-state index in [1.165, 1.54) is 0 Å². The highest BCUT2D eigenvalue weighted by molar-refractivity contribution is 7.71. The van der Waals surface area contributed by atoms with Gasteiger partial charge >= 0.3 is 0 Å². The molecule has 0 bridgehead atoms. The molecule has 0 atom stereocenters. The lowest BCUT2D eigenvalue weighted by Crippen LogP contribution is -2.15. The monoisotopic (exact) mass is 396 g/mol. The molecule has 0 aliphatic rings. The highest BCUT2D eigenvalue weighted by atomic mass is 32.1. The van der Waals surface area contributed by atoms with Crippen LogP contribution in [0.2, 0.25) is 0 Å². The van der Waals surface area contributed by atoms with E-state index in [-0.39, 0.29) is 18.4 Å². The van der Waals surface area contributed by atoms with Crippen molar-refractivity contribution in [2.24, 2.45) is 0 Å². The molecule has 0 saturated heterocycles. The Morgan fingerprint density at radius 2 is 2.00 bits per heavy atom. The number of aromatic amines is 1. The van der Waals surface area contributed by atoms with E-state index in [1.54, 1.807) is 0 Å². The van der Waals surface area contributed by atoms with Crippen molar-refractivity contribution in [1.29, 1.82) is 0 Å². The summed E-state index contributed by atoms with van der Waals surface area (Å²) in [6, 6.07) is 15.4. The summed E-state index contributed by atoms with van der Waals surface area (Å²) in [7, 11) is 0. The molecule has 0 unspecified atom stereocenters. The fraction of sp³-hybridized carbons (Fsp3) is 0.286. The first-order chi connectivity index (χ1) is 13.4. The maximum absolute atomic E-state index is 12.4. The highest BCUT2D eigenvalue weighted by Gasteiger charge is 2.11. The van der Waals surface area contributed by atoms with Gasteiger partial charge in [0.25, 0.3) is 0 Å². The largest absolute Gasteiger partial charge is 0.491 e. The van der Waals surface area contributed by atoms with Crippen molar-refractivity contribution in [2.75, 3.05) is 5.32 Å². The average Bonchev–Trinajstić information content (AvgIpc) is 3.02. The number of nitrogens with zero attached hydrogens (tertiary/aromatic N) is 2. The molecule has 3 rings (SSSR count). The molecule has 0 aliphatic heterocycles. The number of H-pyrrole nitrogens is 1. The smallest absolute Gasteiger partial charge is 0.226 e. The first-order valence-corrected chi connectivity index (χ1v) is 9.62. The van der Waals surface area contributed by atoms with Crippen molar-refractivity contribution in [3.63, 3.8) is 0 Å². The lowest BCUT2D eigenvalue weighted by molar-refractivity contribution is -0.116. The van der Waals surface area contributed by atoms with Crippen LogP contribution in [0, 0.1) is 11.7 Å². The molecule has 1 heterocycles. The predicted octanol–water partition coefficient (Wildman–Crippen LogP) is 4.73. The molecular weight excluding hydrogens is 372 g/mol. The van der Waals surface area contributed by atoms with E-state index in [0.29, 0.717) is 11.3 Å². The van der Waals surface area contributed by atoms with Gasteiger partial charge < -0.3 is 10.1 Å². The zero-order chi connectivity index (χ0) is 20.1. The fourth-order valence-corrected chi connectivity index (χ4v) is 3.08. The molecule has 28 heavy (non-hydrogen) atoms. The first kappa shape index (κ1) is 19.8. The number of rotatable bonds is 7. The van der Waals surface area contributed by atoms with Gasteiger partial charge in [-0.3, -0.25) is 14.5 Å². The van der Waals surface area contributed by atoms with Gasteiger partial charge in [-0.1, -0.05) is 23.8 Å². The molecule has 2 N–H and O–H groups in total. The van der Waals surface area contributed by atoms with Gasteiger partial charge in [0.05, 0.1) is 6.10 Å². The zero-order valence-corrected chi connectivity index (χ0v) is 17.0. The van der Waals surface area contributed by atoms with E-state index in [2.05, 4.69) is 15.5 Å². The quantitative estimate of drug-likeness (QED) is 0.566. The van der Waals surface area contributed by atoms with E-state index < -0.39 is 0 Å². The Balaban J connectivity index is 1.64. The number of carbonyl (C=O) groups is 1. The molecule has 0 fully saturated rings. The number of aryl methyl sites for hydroxylation is 1. The van der Waals surface area contributed by atoms with Crippen LogP contribution in [0.25, 0.3) is 11.4 Å². The Labute approximate surface area is 169 Å². The summed E-state index contributed by atoms with van der Waals surface area (Å²) in [4.78, 5) is 12.4. The molecule has 0 radical (unpaired) electrons. The van der Waals surface area contributed by atoms with Crippen molar-refractivity contribution in [2.45, 2.75) is 39.8 Å². The standard InChI is InChI=1S/C21H24N4O2S/c1-14(2)27-18-9-7-17(8-10-18)22-19(26)11-12-25-20(23-24-21(25)28)16-6-4-5-15(3)13-16/h4-10,13-14H,11-12H2,1-3H3,(H,22,26)(H,24,28). The van der Waals surface area contributed by atoms with Gasteiger partial charge in [0, 0.05) is 24.2 Å². The third-order valence-electron chi connectivity index (χ3n) is 4.11. The molecule has 2 aromatic carbocycles. The lowest BCUT2D eigenvalue weighted by Gasteiger charge is -2.11. The van der Waals surface area contributed by atoms with Gasteiger partial charge in [-0.15, -0.1) is 0 Å². The Morgan fingerprint density at radius 1 is 1.25 bits per heavy atom. The number of amides is 1. The first-order valence-electron chi connectivity index (χ1n) is 9.21. The van der Waals surface area contributed by atoms with Crippen molar-refractivity contribution in [3.8, 4) is 17.1 Å². The van der Waals surface area contributed by atoms with Gasteiger partial charge in [-0.25, -0.2) is 0 Å². The number of nitrogens with one attached hydrogen (secondary N) is 2. The normalized spacial score (nSPS) is 10.9. The number of ether oxygens (including phenoxy) is 1. The van der Waals surface area contributed by atoms with E-state index in [0.717, 1.165) is 28.4 Å². The van der Waals surface area contributed by atoms with Crippen LogP contribution in [0.4, 0.5) is 5.69 Å². The molecule has 3 aromatic rings. The lowest BCUT2D eigenvalue weighted by atomic mass is 10.1. The molecular formula is C21H24N4O2S. The summed E-state index contributed by atoms with van der Waals surface area (Å²) in [5, 5.41) is 10.0. The van der Waals surface area contributed by atoms with Crippen LogP contribution in [-0.2, 0) is 11.3 Å². The predicted molar refractivity (Wildman–Crippen MR) is 113 cm³/mol. The Kier molecular flexibility index (Phi) is 6.26. The van der Waals surface area contributed by atoms with E-state index in [4.69, 9.17) is 17.0 Å². The minimum Gasteiger partial charge on any atom is -0.491 e. The average molecular weight is 397 g/mol. The van der Waals surface area contributed by atoms with Gasteiger partial charge in [0.2, 0.25) is 5.91 Å². The SMILES string of the molecule is Cc1cccc(-c2n[nH]c(=S)n2CCC(=O)Nc2ccc(OC(C)C)cc2)c1. The van der Waals surface area contributed by atoms with Gasteiger partial charge in [0.1, 0.15) is 5.75 Å². The van der Waals surface area contributed by atoms with Crippen molar-refractivity contribution in [3.05, 3.63) is 58.9 Å². The molecule has 146 valence electrons. The van der Waals surface area contributed by atoms with E-state index >= 15 is 0 Å². The van der Waals surface area contributed by atoms with Crippen LogP contribution >= 0.6 is 12.2 Å². The highest BCUT2D eigenvalue weighted by Crippen LogP contribution is 2.20. The molecule has 7 heteroatoms. The second-order valence-electron chi connectivity index (χ2n) is 6.86. The second kappa shape index (κ2) is 8.84. The number of aromatic nitrogens is 3. The number of anilines is 1. The van der Waals surface area contributed by atoms with Crippen molar-refractivity contribution < 1.29 is 9.53 Å². The Bertz CT molecular complexity index is 1010. The molecule has 1 aromatic heterocycles. The third-order valence-corrected chi connectivity index (χ3v) is 4.42. The fourth-order valence-electron chi connectivity index (χ4n) is 2.86. The van der Waals surface area contributed by atoms with Crippen LogP contribution in [0.15, 0.2) is 48.5 Å². The third kappa shape index (κ3) is 5.07. The van der Waals surface area contributed by atoms with Crippen LogP contribution in [0.3, 0.4) is 0 Å². The molecule has 0 aliphatic carbocycles. The summed E-state index contributed by atoms with van der Waals surface area (Å²) < 4.78 is 7.96. The molecule has 0 spiro atoms. The minimum absolute atomic E-state index is 0.0872. The maximum Gasteiger partial charge on any atom is 0.226 e. The van der Waals surface area contributed by atoms with Crippen LogP contribution in [-0.4, -0.2) is 26.8 Å². The van der Waals surface area contributed by atoms with Crippen LogP contribution in [0.1, 0.15) is 25.8 Å². The molecule has 1 amide bonds. The zero-order valence-electron chi connectivity index (χ0n) is 16.2. The van der Waals surface area contributed by atoms with Crippen LogP contribution in [0.5, 0.6) is 5.75 Å². The van der Waals surface area contributed by atoms with Gasteiger partial charge in [0.15, 0.2) is 10.6 Å². The number of hydrogen-bond acceptors (Lipinski definition) is 4. The summed E-state index contributed by atoms with van der Waals surface area (Å²) in [6.45, 7) is 6.42. The minimum atomic E-state index is -0.0872. The molecule has 6 nitrogen and oxygen atoms in total. The summed E-state index contributed by atoms with van der Waals surface area (Å²) in [6.07, 6.45) is 0.402. The summed E-state index contributed by atoms with van der Waals surface area (Å²) in [5.74, 6) is 1.42. The van der Waals surface area contributed by atoms with Crippen molar-refractivity contribution in [1.82, 2.24) is 14.8 Å². The second-order valence-corrected chi connectivity index (χ2v) is 7.25. The Hall–Kier alpha value is -2.93. The maximum atomic E-state index is 12.4. The molecule has 0 saturated carbocycles. The Morgan fingerprint density at radius 3 is 2.68 bits per heavy atom. The summed E-state index contributed by atoms with van der Waals surface area (Å²) in [5.41, 5.74) is 2.84. The van der Waals surface area contributed by atoms with Crippen molar-refractivity contribution >= 4 is 23.8 Å². The topological polar surface area (TPSA) is 71.9 Å². The van der Waals surface area contributed by atoms with E-state index in [9.17, 15) is 4.79 Å². The summed E-state index contributed by atoms with van der Waals surface area (Å²) >= 11 is 5.34. The van der Waals surface area contributed by atoms with E-state index in [1.807, 2.05) is 73.9 Å². The van der Waals surface area contributed by atoms with Gasteiger partial charge in [-0.05, 0) is 63.3 Å². The van der Waals surface area contributed by atoms with Crippen LogP contribution < -0.4 is 10.1 Å². The number of hydrogen-bond donors (Lipinski definition) is 2. The number of carbonyl (C=O) groups excluding carboxylic acids is 1. The number of benzene rings is 2. The van der Waals surface area contributed by atoms with Gasteiger partial charge in [-0.2, -0.15) is 5.10 Å².